The summed E-state index contributed by atoms with van der Waals surface area (Å²) in [7, 11) is 0. The monoisotopic (exact) mass is 460 g/mol. The molecule has 0 aliphatic carbocycles. The minimum atomic E-state index is -4.45. The van der Waals surface area contributed by atoms with Crippen molar-refractivity contribution in [3.63, 3.8) is 0 Å². The average molecular weight is 461 g/mol. The predicted octanol–water partition coefficient (Wildman–Crippen LogP) is 5.93. The second kappa shape index (κ2) is 9.94. The molecule has 3 nitrogen and oxygen atoms in total. The van der Waals surface area contributed by atoms with E-state index in [1.807, 2.05) is 54.6 Å². The maximum Gasteiger partial charge on any atom is 0.416 e. The highest BCUT2D eigenvalue weighted by molar-refractivity contribution is 6.31. The number of nitrogens with one attached hydrogen (secondary N) is 1. The van der Waals surface area contributed by atoms with Gasteiger partial charge in [0.05, 0.1) is 11.6 Å². The number of benzene rings is 3. The van der Waals surface area contributed by atoms with Crippen LogP contribution in [0.25, 0.3) is 0 Å². The highest BCUT2D eigenvalue weighted by Gasteiger charge is 2.34. The molecule has 32 heavy (non-hydrogen) atoms. The molecule has 0 radical (unpaired) electrons. The molecule has 1 fully saturated rings. The number of piperazine rings is 1. The van der Waals surface area contributed by atoms with Crippen LogP contribution in [-0.2, 0) is 12.8 Å². The van der Waals surface area contributed by atoms with Crippen molar-refractivity contribution in [2.45, 2.75) is 18.8 Å². The Balaban J connectivity index is 1.76. The summed E-state index contributed by atoms with van der Waals surface area (Å²) >= 11 is 6.49. The fourth-order valence-corrected chi connectivity index (χ4v) is 4.22. The van der Waals surface area contributed by atoms with Crippen LogP contribution in [0.3, 0.4) is 0 Å². The molecule has 1 aliphatic heterocycles. The van der Waals surface area contributed by atoms with Crippen molar-refractivity contribution in [1.82, 2.24) is 10.2 Å². The lowest BCUT2D eigenvalue weighted by atomic mass is 9.94. The van der Waals surface area contributed by atoms with Crippen LogP contribution in [0.4, 0.5) is 13.2 Å². The molecule has 3 aromatic rings. The zero-order chi connectivity index (χ0) is 22.6. The first-order chi connectivity index (χ1) is 15.4. The molecule has 0 amide bonds. The van der Waals surface area contributed by atoms with Crippen LogP contribution in [-0.4, -0.2) is 31.1 Å². The number of nitrogens with zero attached hydrogens (tertiary/aromatic N) is 1. The fourth-order valence-electron chi connectivity index (χ4n) is 4.00. The predicted molar refractivity (Wildman–Crippen MR) is 120 cm³/mol. The third kappa shape index (κ3) is 5.26. The zero-order valence-corrected chi connectivity index (χ0v) is 18.2. The number of alkyl halides is 3. The van der Waals surface area contributed by atoms with Crippen molar-refractivity contribution < 1.29 is 17.9 Å². The minimum absolute atomic E-state index is 0.305. The van der Waals surface area contributed by atoms with Gasteiger partial charge in [-0.3, -0.25) is 4.90 Å². The third-order valence-corrected chi connectivity index (χ3v) is 5.93. The Labute approximate surface area is 190 Å². The van der Waals surface area contributed by atoms with Crippen LogP contribution in [0, 0.1) is 0 Å². The third-order valence-electron chi connectivity index (χ3n) is 5.59. The van der Waals surface area contributed by atoms with Gasteiger partial charge in [-0.05, 0) is 35.4 Å². The average Bonchev–Trinajstić information content (AvgIpc) is 2.80. The van der Waals surface area contributed by atoms with Crippen molar-refractivity contribution >= 4 is 11.6 Å². The number of para-hydroxylation sites is 1. The van der Waals surface area contributed by atoms with E-state index >= 15 is 0 Å². The van der Waals surface area contributed by atoms with Gasteiger partial charge in [0.15, 0.2) is 0 Å². The summed E-state index contributed by atoms with van der Waals surface area (Å²) in [6.45, 7) is 3.23. The van der Waals surface area contributed by atoms with Crippen molar-refractivity contribution in [2.24, 2.45) is 0 Å². The summed E-state index contributed by atoms with van der Waals surface area (Å²) in [6, 6.07) is 20.3. The van der Waals surface area contributed by atoms with E-state index in [0.29, 0.717) is 36.0 Å². The Kier molecular flexibility index (Phi) is 7.04. The standard InChI is InChI=1S/C25H24ClF3N2O/c26-22-11-10-19(25(27,28)29)16-21(22)24(31-14-12-30-13-15-31)20-8-4-5-9-23(20)32-17-18-6-2-1-3-7-18/h1-11,16,24,30H,12-15,17H2. The number of ether oxygens (including phenoxy) is 1. The van der Waals surface area contributed by atoms with Gasteiger partial charge in [0, 0.05) is 36.8 Å². The van der Waals surface area contributed by atoms with Gasteiger partial charge in [0.1, 0.15) is 12.4 Å². The molecule has 1 saturated heterocycles. The maximum absolute atomic E-state index is 13.5. The molecule has 1 unspecified atom stereocenters. The van der Waals surface area contributed by atoms with Gasteiger partial charge in [-0.2, -0.15) is 13.2 Å². The Hall–Kier alpha value is -2.54. The number of hydrogen-bond acceptors (Lipinski definition) is 3. The Morgan fingerprint density at radius 2 is 1.59 bits per heavy atom. The van der Waals surface area contributed by atoms with Gasteiger partial charge in [-0.1, -0.05) is 60.1 Å². The first kappa shape index (κ1) is 22.6. The summed E-state index contributed by atoms with van der Waals surface area (Å²) in [6.07, 6.45) is -4.45. The molecule has 168 valence electrons. The van der Waals surface area contributed by atoms with Crippen LogP contribution < -0.4 is 10.1 Å². The molecule has 0 spiro atoms. The van der Waals surface area contributed by atoms with E-state index in [1.165, 1.54) is 12.1 Å². The molecule has 0 saturated carbocycles. The molecule has 1 N–H and O–H groups in total. The fraction of sp³-hybridized carbons (Fsp3) is 0.280. The highest BCUT2D eigenvalue weighted by Crippen LogP contribution is 2.41. The lowest BCUT2D eigenvalue weighted by Crippen LogP contribution is -2.45. The van der Waals surface area contributed by atoms with Crippen LogP contribution in [0.15, 0.2) is 72.8 Å². The number of halogens is 4. The molecule has 1 aliphatic rings. The van der Waals surface area contributed by atoms with Crippen molar-refractivity contribution in [3.8, 4) is 5.75 Å². The topological polar surface area (TPSA) is 24.5 Å². The van der Waals surface area contributed by atoms with Crippen LogP contribution in [0.1, 0.15) is 28.3 Å². The summed E-state index contributed by atoms with van der Waals surface area (Å²) in [5, 5.41) is 3.60. The molecular formula is C25H24ClF3N2O. The molecule has 0 bridgehead atoms. The van der Waals surface area contributed by atoms with Gasteiger partial charge in [0.25, 0.3) is 0 Å². The second-order valence-electron chi connectivity index (χ2n) is 7.73. The summed E-state index contributed by atoms with van der Waals surface area (Å²) in [5.41, 5.74) is 1.53. The quantitative estimate of drug-likeness (QED) is 0.493. The minimum Gasteiger partial charge on any atom is -0.489 e. The van der Waals surface area contributed by atoms with Gasteiger partial charge < -0.3 is 10.1 Å². The van der Waals surface area contributed by atoms with Gasteiger partial charge >= 0.3 is 6.18 Å². The number of rotatable bonds is 6. The Bertz CT molecular complexity index is 1040. The molecule has 1 heterocycles. The smallest absolute Gasteiger partial charge is 0.416 e. The Morgan fingerprint density at radius 1 is 0.906 bits per heavy atom. The summed E-state index contributed by atoms with van der Waals surface area (Å²) in [4.78, 5) is 2.16. The second-order valence-corrected chi connectivity index (χ2v) is 8.14. The van der Waals surface area contributed by atoms with Crippen LogP contribution in [0.5, 0.6) is 5.75 Å². The van der Waals surface area contributed by atoms with Gasteiger partial charge in [-0.15, -0.1) is 0 Å². The van der Waals surface area contributed by atoms with E-state index < -0.39 is 17.8 Å². The van der Waals surface area contributed by atoms with Crippen LogP contribution >= 0.6 is 11.6 Å². The molecule has 3 aromatic carbocycles. The normalized spacial score (nSPS) is 16.0. The molecule has 0 aromatic heterocycles. The lowest BCUT2D eigenvalue weighted by molar-refractivity contribution is -0.137. The number of hydrogen-bond donors (Lipinski definition) is 1. The Morgan fingerprint density at radius 3 is 2.31 bits per heavy atom. The first-order valence-electron chi connectivity index (χ1n) is 10.5. The largest absolute Gasteiger partial charge is 0.489 e. The van der Waals surface area contributed by atoms with E-state index in [4.69, 9.17) is 16.3 Å². The van der Waals surface area contributed by atoms with Crippen molar-refractivity contribution in [3.05, 3.63) is 100 Å². The van der Waals surface area contributed by atoms with E-state index in [2.05, 4.69) is 10.2 Å². The SMILES string of the molecule is FC(F)(F)c1ccc(Cl)c(C(c2ccccc2OCc2ccccc2)N2CCNCC2)c1. The van der Waals surface area contributed by atoms with Crippen LogP contribution in [0.2, 0.25) is 5.02 Å². The van der Waals surface area contributed by atoms with Crippen molar-refractivity contribution in [1.29, 1.82) is 0 Å². The summed E-state index contributed by atoms with van der Waals surface area (Å²) < 4.78 is 46.7. The maximum atomic E-state index is 13.5. The van der Waals surface area contributed by atoms with E-state index in [0.717, 1.165) is 30.3 Å². The summed E-state index contributed by atoms with van der Waals surface area (Å²) in [5.74, 6) is 0.633. The lowest BCUT2D eigenvalue weighted by Gasteiger charge is -2.36. The molecule has 1 atom stereocenters. The molecule has 4 rings (SSSR count). The molecular weight excluding hydrogens is 437 g/mol. The van der Waals surface area contributed by atoms with Gasteiger partial charge in [0.2, 0.25) is 0 Å². The molecule has 7 heteroatoms. The zero-order valence-electron chi connectivity index (χ0n) is 17.4. The van der Waals surface area contributed by atoms with E-state index in [1.54, 1.807) is 0 Å². The van der Waals surface area contributed by atoms with E-state index in [-0.39, 0.29) is 0 Å². The highest BCUT2D eigenvalue weighted by atomic mass is 35.5. The van der Waals surface area contributed by atoms with Crippen molar-refractivity contribution in [2.75, 3.05) is 26.2 Å². The van der Waals surface area contributed by atoms with Gasteiger partial charge in [-0.25, -0.2) is 0 Å². The van der Waals surface area contributed by atoms with E-state index in [9.17, 15) is 13.2 Å². The first-order valence-corrected chi connectivity index (χ1v) is 10.9.